The molecule has 33 heavy (non-hydrogen) atoms. The number of hydrazone groups is 1. The van der Waals surface area contributed by atoms with E-state index in [9.17, 15) is 13.5 Å². The standard InChI is InChI=1S/C22H26N4O6S/c1-30-17-4-6-21-18(14-17)22(24-33(21,28)29)26(8-7-25-9-11-32-12-10-25)23-15-16-3-5-19(27)20(13-16)31-2/h3-6,13-15,27H,7-12H2,1-2H3/b23-15+. The molecule has 11 heteroatoms. The predicted molar refractivity (Wildman–Crippen MR) is 123 cm³/mol. The lowest BCUT2D eigenvalue weighted by Crippen LogP contribution is -2.41. The van der Waals surface area contributed by atoms with Crippen molar-refractivity contribution in [1.82, 2.24) is 9.91 Å². The van der Waals surface area contributed by atoms with Gasteiger partial charge in [0.2, 0.25) is 0 Å². The van der Waals surface area contributed by atoms with Crippen LogP contribution in [0.1, 0.15) is 11.1 Å². The van der Waals surface area contributed by atoms with Gasteiger partial charge < -0.3 is 19.3 Å². The number of sulfonamides is 1. The topological polar surface area (TPSA) is 113 Å². The zero-order chi connectivity index (χ0) is 23.4. The summed E-state index contributed by atoms with van der Waals surface area (Å²) in [6.07, 6.45) is 1.58. The summed E-state index contributed by atoms with van der Waals surface area (Å²) in [6, 6.07) is 9.58. The van der Waals surface area contributed by atoms with E-state index >= 15 is 0 Å². The second-order valence-corrected chi connectivity index (χ2v) is 9.08. The fourth-order valence-corrected chi connectivity index (χ4v) is 4.81. The van der Waals surface area contributed by atoms with Crippen LogP contribution in [0.25, 0.3) is 0 Å². The average molecular weight is 475 g/mol. The van der Waals surface area contributed by atoms with Crippen molar-refractivity contribution in [1.29, 1.82) is 0 Å². The molecule has 2 aliphatic rings. The van der Waals surface area contributed by atoms with E-state index in [4.69, 9.17) is 14.2 Å². The Morgan fingerprint density at radius 1 is 1.18 bits per heavy atom. The van der Waals surface area contributed by atoms with Crippen molar-refractivity contribution in [3.63, 3.8) is 0 Å². The zero-order valence-electron chi connectivity index (χ0n) is 18.5. The van der Waals surface area contributed by atoms with Crippen LogP contribution in [0, 0.1) is 0 Å². The van der Waals surface area contributed by atoms with Crippen molar-refractivity contribution in [3.05, 3.63) is 47.5 Å². The number of hydrogen-bond acceptors (Lipinski definition) is 9. The van der Waals surface area contributed by atoms with Gasteiger partial charge >= 0.3 is 0 Å². The lowest BCUT2D eigenvalue weighted by atomic mass is 10.2. The van der Waals surface area contributed by atoms with E-state index < -0.39 is 10.0 Å². The van der Waals surface area contributed by atoms with Gasteiger partial charge in [-0.25, -0.2) is 5.01 Å². The van der Waals surface area contributed by atoms with Crippen LogP contribution >= 0.6 is 0 Å². The summed E-state index contributed by atoms with van der Waals surface area (Å²) >= 11 is 0. The molecule has 0 amide bonds. The van der Waals surface area contributed by atoms with Crippen molar-refractivity contribution >= 4 is 22.1 Å². The minimum atomic E-state index is -3.84. The van der Waals surface area contributed by atoms with E-state index in [-0.39, 0.29) is 16.5 Å². The van der Waals surface area contributed by atoms with Crippen LogP contribution < -0.4 is 9.47 Å². The largest absolute Gasteiger partial charge is 0.504 e. The fraction of sp³-hybridized carbons (Fsp3) is 0.364. The highest BCUT2D eigenvalue weighted by Crippen LogP contribution is 2.31. The van der Waals surface area contributed by atoms with Gasteiger partial charge in [0.15, 0.2) is 17.3 Å². The molecule has 0 bridgehead atoms. The number of hydrogen-bond donors (Lipinski definition) is 1. The van der Waals surface area contributed by atoms with Gasteiger partial charge in [-0.05, 0) is 42.0 Å². The Morgan fingerprint density at radius 2 is 1.97 bits per heavy atom. The molecule has 176 valence electrons. The number of nitrogens with zero attached hydrogens (tertiary/aromatic N) is 4. The number of amidine groups is 1. The van der Waals surface area contributed by atoms with Crippen molar-refractivity contribution < 1.29 is 27.7 Å². The highest BCUT2D eigenvalue weighted by Gasteiger charge is 2.32. The number of methoxy groups -OCH3 is 2. The normalized spacial score (nSPS) is 17.6. The highest BCUT2D eigenvalue weighted by atomic mass is 32.2. The maximum absolute atomic E-state index is 12.7. The molecular weight excluding hydrogens is 448 g/mol. The number of ether oxygens (including phenoxy) is 3. The summed E-state index contributed by atoms with van der Waals surface area (Å²) in [4.78, 5) is 2.35. The molecule has 0 saturated carbocycles. The third-order valence-corrected chi connectivity index (χ3v) is 6.76. The highest BCUT2D eigenvalue weighted by molar-refractivity contribution is 7.90. The van der Waals surface area contributed by atoms with Crippen LogP contribution in [-0.2, 0) is 14.8 Å². The molecule has 0 atom stereocenters. The van der Waals surface area contributed by atoms with Gasteiger partial charge in [-0.15, -0.1) is 4.40 Å². The number of aromatic hydroxyl groups is 1. The Labute approximate surface area is 192 Å². The third-order valence-electron chi connectivity index (χ3n) is 5.44. The first-order valence-electron chi connectivity index (χ1n) is 10.4. The predicted octanol–water partition coefficient (Wildman–Crippen LogP) is 1.53. The van der Waals surface area contributed by atoms with E-state index in [1.54, 1.807) is 35.5 Å². The molecule has 2 aromatic rings. The molecule has 0 spiro atoms. The zero-order valence-corrected chi connectivity index (χ0v) is 19.3. The molecule has 0 aromatic heterocycles. The van der Waals surface area contributed by atoms with E-state index in [1.807, 2.05) is 0 Å². The Morgan fingerprint density at radius 3 is 2.70 bits per heavy atom. The van der Waals surface area contributed by atoms with Crippen LogP contribution in [-0.4, -0.2) is 89.1 Å². The lowest BCUT2D eigenvalue weighted by molar-refractivity contribution is 0.0360. The van der Waals surface area contributed by atoms with Crippen LogP contribution in [0.2, 0.25) is 0 Å². The second-order valence-electron chi connectivity index (χ2n) is 7.51. The quantitative estimate of drug-likeness (QED) is 0.475. The summed E-state index contributed by atoms with van der Waals surface area (Å²) in [7, 11) is -0.849. The van der Waals surface area contributed by atoms with Gasteiger partial charge in [-0.1, -0.05) is 0 Å². The minimum absolute atomic E-state index is 0.0195. The van der Waals surface area contributed by atoms with Crippen molar-refractivity contribution in [3.8, 4) is 17.2 Å². The first-order chi connectivity index (χ1) is 15.9. The minimum Gasteiger partial charge on any atom is -0.504 e. The van der Waals surface area contributed by atoms with Gasteiger partial charge in [0.25, 0.3) is 10.0 Å². The molecule has 2 aliphatic heterocycles. The first kappa shape index (κ1) is 23.0. The van der Waals surface area contributed by atoms with E-state index in [0.29, 0.717) is 48.9 Å². The Balaban J connectivity index is 1.67. The van der Waals surface area contributed by atoms with Gasteiger partial charge in [0, 0.05) is 25.2 Å². The lowest BCUT2D eigenvalue weighted by Gasteiger charge is -2.28. The summed E-state index contributed by atoms with van der Waals surface area (Å²) in [5.41, 5.74) is 1.12. The molecule has 1 N–H and O–H groups in total. The van der Waals surface area contributed by atoms with Crippen molar-refractivity contribution in [2.75, 3.05) is 53.6 Å². The van der Waals surface area contributed by atoms with Gasteiger partial charge in [-0.3, -0.25) is 4.90 Å². The van der Waals surface area contributed by atoms with E-state index in [1.165, 1.54) is 26.4 Å². The Kier molecular flexibility index (Phi) is 6.82. The summed E-state index contributed by atoms with van der Waals surface area (Å²) in [5.74, 6) is 1.10. The van der Waals surface area contributed by atoms with Gasteiger partial charge in [0.05, 0.1) is 40.2 Å². The third kappa shape index (κ3) is 5.10. The number of benzene rings is 2. The van der Waals surface area contributed by atoms with E-state index in [0.717, 1.165) is 13.1 Å². The molecule has 1 fully saturated rings. The Bertz CT molecular complexity index is 1180. The number of fused-ring (bicyclic) bond motifs is 1. The smallest absolute Gasteiger partial charge is 0.285 e. The molecule has 4 rings (SSSR count). The molecule has 2 aromatic carbocycles. The molecule has 0 unspecified atom stereocenters. The van der Waals surface area contributed by atoms with Crippen molar-refractivity contribution in [2.45, 2.75) is 4.90 Å². The van der Waals surface area contributed by atoms with Crippen LogP contribution in [0.5, 0.6) is 17.2 Å². The molecule has 10 nitrogen and oxygen atoms in total. The van der Waals surface area contributed by atoms with E-state index in [2.05, 4.69) is 14.4 Å². The maximum atomic E-state index is 12.7. The molecule has 0 radical (unpaired) electrons. The van der Waals surface area contributed by atoms with Crippen LogP contribution in [0.15, 0.2) is 50.8 Å². The first-order valence-corrected chi connectivity index (χ1v) is 11.9. The van der Waals surface area contributed by atoms with Crippen LogP contribution in [0.4, 0.5) is 0 Å². The molecule has 0 aliphatic carbocycles. The second kappa shape index (κ2) is 9.77. The monoisotopic (exact) mass is 474 g/mol. The molecule has 2 heterocycles. The molecule has 1 saturated heterocycles. The van der Waals surface area contributed by atoms with Crippen LogP contribution in [0.3, 0.4) is 0 Å². The number of morpholine rings is 1. The molecular formula is C22H26N4O6S. The fourth-order valence-electron chi connectivity index (χ4n) is 3.62. The van der Waals surface area contributed by atoms with Gasteiger partial charge in [-0.2, -0.15) is 13.5 Å². The SMILES string of the molecule is COc1ccc2c(c1)C(N(CCN1CCOCC1)/N=C/c1ccc(O)c(OC)c1)=NS2(=O)=O. The maximum Gasteiger partial charge on any atom is 0.285 e. The number of rotatable bonds is 7. The number of phenolic OH excluding ortho intramolecular Hbond substituents is 1. The van der Waals surface area contributed by atoms with Gasteiger partial charge in [0.1, 0.15) is 10.6 Å². The summed E-state index contributed by atoms with van der Waals surface area (Å²) in [5, 5.41) is 16.0. The number of phenols is 1. The summed E-state index contributed by atoms with van der Waals surface area (Å²) < 4.78 is 45.3. The summed E-state index contributed by atoms with van der Waals surface area (Å²) in [6.45, 7) is 3.97. The van der Waals surface area contributed by atoms with Crippen molar-refractivity contribution in [2.24, 2.45) is 9.50 Å². The Hall–Kier alpha value is -3.15. The average Bonchev–Trinajstić information content (AvgIpc) is 3.10.